The SMILES string of the molecule is CCCOc1ccccc1OCC(=O)N(C)Cc1ccc2cc(OC)ccc2c1. The molecule has 3 rings (SSSR count). The highest BCUT2D eigenvalue weighted by atomic mass is 16.5. The molecule has 3 aromatic carbocycles. The summed E-state index contributed by atoms with van der Waals surface area (Å²) in [4.78, 5) is 14.2. The molecule has 29 heavy (non-hydrogen) atoms. The van der Waals surface area contributed by atoms with Gasteiger partial charge in [0, 0.05) is 13.6 Å². The molecule has 5 nitrogen and oxygen atoms in total. The minimum Gasteiger partial charge on any atom is -0.497 e. The third kappa shape index (κ3) is 5.41. The molecule has 152 valence electrons. The normalized spacial score (nSPS) is 10.6. The smallest absolute Gasteiger partial charge is 0.260 e. The topological polar surface area (TPSA) is 48.0 Å². The summed E-state index contributed by atoms with van der Waals surface area (Å²) in [5.74, 6) is 1.99. The van der Waals surface area contributed by atoms with Crippen molar-refractivity contribution < 1.29 is 19.0 Å². The zero-order valence-corrected chi connectivity index (χ0v) is 17.2. The molecule has 0 aliphatic carbocycles. The number of ether oxygens (including phenoxy) is 3. The molecule has 0 aliphatic rings. The zero-order chi connectivity index (χ0) is 20.6. The van der Waals surface area contributed by atoms with E-state index in [2.05, 4.69) is 6.07 Å². The van der Waals surface area contributed by atoms with Gasteiger partial charge in [-0.2, -0.15) is 0 Å². The Labute approximate surface area is 171 Å². The standard InChI is InChI=1S/C24H27NO4/c1-4-13-28-22-7-5-6-8-23(22)29-17-24(26)25(2)16-18-9-10-20-15-21(27-3)12-11-19(20)14-18/h5-12,14-15H,4,13,16-17H2,1-3H3. The molecule has 0 N–H and O–H groups in total. The second kappa shape index (κ2) is 9.82. The Bertz CT molecular complexity index is 970. The third-order valence-electron chi connectivity index (χ3n) is 4.62. The van der Waals surface area contributed by atoms with Gasteiger partial charge in [-0.25, -0.2) is 0 Å². The highest BCUT2D eigenvalue weighted by Gasteiger charge is 2.12. The van der Waals surface area contributed by atoms with E-state index in [9.17, 15) is 4.79 Å². The molecule has 0 bridgehead atoms. The minimum atomic E-state index is -0.0925. The van der Waals surface area contributed by atoms with Gasteiger partial charge in [0.25, 0.3) is 5.91 Å². The summed E-state index contributed by atoms with van der Waals surface area (Å²) in [5.41, 5.74) is 1.06. The molecule has 0 fully saturated rings. The van der Waals surface area contributed by atoms with E-state index in [-0.39, 0.29) is 12.5 Å². The number of carbonyl (C=O) groups excluding carboxylic acids is 1. The quantitative estimate of drug-likeness (QED) is 0.530. The van der Waals surface area contributed by atoms with Crippen molar-refractivity contribution in [2.45, 2.75) is 19.9 Å². The summed E-state index contributed by atoms with van der Waals surface area (Å²) in [5, 5.41) is 2.22. The van der Waals surface area contributed by atoms with Crippen molar-refractivity contribution in [3.05, 3.63) is 66.2 Å². The summed E-state index contributed by atoms with van der Waals surface area (Å²) in [6.45, 7) is 3.14. The molecule has 0 saturated heterocycles. The van der Waals surface area contributed by atoms with E-state index in [0.29, 0.717) is 24.7 Å². The molecule has 0 spiro atoms. The molecule has 0 saturated carbocycles. The van der Waals surface area contributed by atoms with Crippen LogP contribution in [0.4, 0.5) is 0 Å². The second-order valence-electron chi connectivity index (χ2n) is 6.88. The largest absolute Gasteiger partial charge is 0.497 e. The maximum atomic E-state index is 12.5. The highest BCUT2D eigenvalue weighted by molar-refractivity contribution is 5.84. The number of methoxy groups -OCH3 is 1. The number of likely N-dealkylation sites (N-methyl/N-ethyl adjacent to an activating group) is 1. The Hall–Kier alpha value is -3.21. The first-order valence-corrected chi connectivity index (χ1v) is 9.76. The van der Waals surface area contributed by atoms with Gasteiger partial charge in [-0.05, 0) is 53.1 Å². The molecular weight excluding hydrogens is 366 g/mol. The van der Waals surface area contributed by atoms with Gasteiger partial charge in [-0.15, -0.1) is 0 Å². The minimum absolute atomic E-state index is 0.0339. The Morgan fingerprint density at radius 2 is 1.62 bits per heavy atom. The number of hydrogen-bond donors (Lipinski definition) is 0. The van der Waals surface area contributed by atoms with Crippen LogP contribution in [0.2, 0.25) is 0 Å². The van der Waals surface area contributed by atoms with Crippen molar-refractivity contribution in [1.29, 1.82) is 0 Å². The van der Waals surface area contributed by atoms with E-state index in [1.807, 2.05) is 61.5 Å². The van der Waals surface area contributed by atoms with Crippen LogP contribution in [0.5, 0.6) is 17.2 Å². The van der Waals surface area contributed by atoms with Crippen LogP contribution >= 0.6 is 0 Å². The van der Waals surface area contributed by atoms with Crippen LogP contribution < -0.4 is 14.2 Å². The van der Waals surface area contributed by atoms with Crippen molar-refractivity contribution in [2.75, 3.05) is 27.4 Å². The Morgan fingerprint density at radius 3 is 2.34 bits per heavy atom. The average molecular weight is 393 g/mol. The molecule has 0 atom stereocenters. The van der Waals surface area contributed by atoms with Gasteiger partial charge in [0.1, 0.15) is 5.75 Å². The fourth-order valence-electron chi connectivity index (χ4n) is 3.01. The van der Waals surface area contributed by atoms with Crippen molar-refractivity contribution in [3.8, 4) is 17.2 Å². The third-order valence-corrected chi connectivity index (χ3v) is 4.62. The molecule has 0 heterocycles. The number of hydrogen-bond acceptors (Lipinski definition) is 4. The number of amides is 1. The lowest BCUT2D eigenvalue weighted by Crippen LogP contribution is -2.31. The lowest BCUT2D eigenvalue weighted by atomic mass is 10.1. The summed E-state index contributed by atoms with van der Waals surface area (Å²) in [6, 6.07) is 19.5. The van der Waals surface area contributed by atoms with Gasteiger partial charge < -0.3 is 19.1 Å². The number of para-hydroxylation sites is 2. The van der Waals surface area contributed by atoms with E-state index < -0.39 is 0 Å². The predicted octanol–water partition coefficient (Wildman–Crippen LogP) is 4.67. The molecule has 1 amide bonds. The van der Waals surface area contributed by atoms with Gasteiger partial charge in [0.2, 0.25) is 0 Å². The summed E-state index contributed by atoms with van der Waals surface area (Å²) >= 11 is 0. The van der Waals surface area contributed by atoms with Crippen molar-refractivity contribution in [1.82, 2.24) is 4.90 Å². The maximum Gasteiger partial charge on any atom is 0.260 e. The average Bonchev–Trinajstić information content (AvgIpc) is 2.76. The van der Waals surface area contributed by atoms with Gasteiger partial charge in [0.15, 0.2) is 18.1 Å². The van der Waals surface area contributed by atoms with Crippen molar-refractivity contribution >= 4 is 16.7 Å². The summed E-state index contributed by atoms with van der Waals surface area (Å²) in [7, 11) is 3.44. The van der Waals surface area contributed by atoms with E-state index in [0.717, 1.165) is 28.5 Å². The van der Waals surface area contributed by atoms with Crippen molar-refractivity contribution in [3.63, 3.8) is 0 Å². The Morgan fingerprint density at radius 1 is 0.931 bits per heavy atom. The molecule has 0 radical (unpaired) electrons. The molecule has 3 aromatic rings. The Balaban J connectivity index is 1.60. The monoisotopic (exact) mass is 393 g/mol. The first-order chi connectivity index (χ1) is 14.1. The highest BCUT2D eigenvalue weighted by Crippen LogP contribution is 2.26. The number of fused-ring (bicyclic) bond motifs is 1. The van der Waals surface area contributed by atoms with Gasteiger partial charge in [0.05, 0.1) is 13.7 Å². The molecule has 0 aromatic heterocycles. The Kier molecular flexibility index (Phi) is 6.95. The second-order valence-corrected chi connectivity index (χ2v) is 6.88. The van der Waals surface area contributed by atoms with Gasteiger partial charge in [-0.3, -0.25) is 4.79 Å². The maximum absolute atomic E-state index is 12.5. The van der Waals surface area contributed by atoms with Crippen LogP contribution in [-0.2, 0) is 11.3 Å². The summed E-state index contributed by atoms with van der Waals surface area (Å²) in [6.07, 6.45) is 0.911. The van der Waals surface area contributed by atoms with Crippen LogP contribution in [-0.4, -0.2) is 38.2 Å². The fraction of sp³-hybridized carbons (Fsp3) is 0.292. The van der Waals surface area contributed by atoms with Crippen molar-refractivity contribution in [2.24, 2.45) is 0 Å². The molecule has 0 aliphatic heterocycles. The van der Waals surface area contributed by atoms with Crippen LogP contribution in [0.3, 0.4) is 0 Å². The first kappa shape index (κ1) is 20.5. The van der Waals surface area contributed by atoms with Crippen LogP contribution in [0, 0.1) is 0 Å². The van der Waals surface area contributed by atoms with E-state index in [1.165, 1.54) is 0 Å². The van der Waals surface area contributed by atoms with E-state index >= 15 is 0 Å². The van der Waals surface area contributed by atoms with Gasteiger partial charge >= 0.3 is 0 Å². The number of carbonyl (C=O) groups is 1. The van der Waals surface area contributed by atoms with Crippen LogP contribution in [0.1, 0.15) is 18.9 Å². The first-order valence-electron chi connectivity index (χ1n) is 9.76. The van der Waals surface area contributed by atoms with E-state index in [1.54, 1.807) is 19.1 Å². The molecule has 0 unspecified atom stereocenters. The molecule has 5 heteroatoms. The predicted molar refractivity (Wildman–Crippen MR) is 115 cm³/mol. The van der Waals surface area contributed by atoms with Crippen LogP contribution in [0.25, 0.3) is 10.8 Å². The van der Waals surface area contributed by atoms with E-state index in [4.69, 9.17) is 14.2 Å². The molecular formula is C24H27NO4. The summed E-state index contributed by atoms with van der Waals surface area (Å²) < 4.78 is 16.7. The number of nitrogens with zero attached hydrogens (tertiary/aromatic N) is 1. The van der Waals surface area contributed by atoms with Crippen LogP contribution in [0.15, 0.2) is 60.7 Å². The number of rotatable bonds is 9. The lowest BCUT2D eigenvalue weighted by Gasteiger charge is -2.19. The fourth-order valence-corrected chi connectivity index (χ4v) is 3.01. The zero-order valence-electron chi connectivity index (χ0n) is 17.2. The van der Waals surface area contributed by atoms with Gasteiger partial charge in [-0.1, -0.05) is 37.3 Å². The lowest BCUT2D eigenvalue weighted by molar-refractivity contribution is -0.132. The number of benzene rings is 3.